The molecule has 13 heavy (non-hydrogen) atoms. The van der Waals surface area contributed by atoms with E-state index in [9.17, 15) is 4.79 Å². The third-order valence-electron chi connectivity index (χ3n) is 1.40. The van der Waals surface area contributed by atoms with Crippen molar-refractivity contribution in [1.29, 1.82) is 5.26 Å². The summed E-state index contributed by atoms with van der Waals surface area (Å²) in [7, 11) is 0. The van der Waals surface area contributed by atoms with Crippen LogP contribution in [0.4, 0.5) is 0 Å². The molecule has 64 valence electrons. The first kappa shape index (κ1) is 8.94. The maximum Gasteiger partial charge on any atom is 0.259 e. The summed E-state index contributed by atoms with van der Waals surface area (Å²) in [4.78, 5) is 14.4. The van der Waals surface area contributed by atoms with Gasteiger partial charge < -0.3 is 5.73 Å². The normalized spacial score (nSPS) is 10.5. The molecule has 0 saturated heterocycles. The lowest BCUT2D eigenvalue weighted by Crippen LogP contribution is -2.12. The van der Waals surface area contributed by atoms with Crippen molar-refractivity contribution < 1.29 is 4.79 Å². The Kier molecular flexibility index (Phi) is 2.77. The van der Waals surface area contributed by atoms with Crippen molar-refractivity contribution in [2.75, 3.05) is 0 Å². The molecule has 1 heterocycles. The Hall–Kier alpha value is -2.15. The van der Waals surface area contributed by atoms with Gasteiger partial charge in [-0.2, -0.15) is 5.26 Å². The van der Waals surface area contributed by atoms with Crippen molar-refractivity contribution in [3.63, 3.8) is 0 Å². The molecule has 1 aromatic rings. The van der Waals surface area contributed by atoms with Crippen LogP contribution in [0.3, 0.4) is 0 Å². The van der Waals surface area contributed by atoms with E-state index in [1.165, 1.54) is 6.08 Å². The van der Waals surface area contributed by atoms with E-state index in [-0.39, 0.29) is 5.57 Å². The van der Waals surface area contributed by atoms with Crippen LogP contribution in [0.15, 0.2) is 30.1 Å². The lowest BCUT2D eigenvalue weighted by atomic mass is 10.1. The van der Waals surface area contributed by atoms with Crippen LogP contribution in [0.2, 0.25) is 0 Å². The van der Waals surface area contributed by atoms with Gasteiger partial charge in [-0.05, 0) is 23.8 Å². The number of primary amides is 1. The standard InChI is InChI=1S/C9H7N3O/c10-6-8(9(11)13)5-7-1-3-12-4-2-7/h1-5H,(H2,11,13)/b8-5+. The molecular formula is C9H7N3O. The fourth-order valence-electron chi connectivity index (χ4n) is 0.785. The lowest BCUT2D eigenvalue weighted by Gasteiger charge is -1.92. The van der Waals surface area contributed by atoms with Crippen molar-refractivity contribution in [1.82, 2.24) is 4.98 Å². The molecule has 0 unspecified atom stereocenters. The zero-order chi connectivity index (χ0) is 9.68. The number of nitrogens with zero attached hydrogens (tertiary/aromatic N) is 2. The zero-order valence-electron chi connectivity index (χ0n) is 6.77. The van der Waals surface area contributed by atoms with Gasteiger partial charge in [0.2, 0.25) is 0 Å². The molecule has 4 nitrogen and oxygen atoms in total. The maximum absolute atomic E-state index is 10.7. The second-order valence-corrected chi connectivity index (χ2v) is 2.31. The maximum atomic E-state index is 10.7. The number of nitriles is 1. The molecule has 0 aliphatic rings. The van der Waals surface area contributed by atoms with Gasteiger partial charge in [0.25, 0.3) is 5.91 Å². The molecule has 1 aromatic heterocycles. The first-order chi connectivity index (χ1) is 6.24. The summed E-state index contributed by atoms with van der Waals surface area (Å²) in [6, 6.07) is 5.08. The molecule has 0 aliphatic heterocycles. The molecular weight excluding hydrogens is 166 g/mol. The van der Waals surface area contributed by atoms with E-state index in [1.807, 2.05) is 0 Å². The topological polar surface area (TPSA) is 79.8 Å². The second kappa shape index (κ2) is 4.02. The predicted molar refractivity (Wildman–Crippen MR) is 47.0 cm³/mol. The van der Waals surface area contributed by atoms with E-state index < -0.39 is 5.91 Å². The van der Waals surface area contributed by atoms with E-state index in [2.05, 4.69) is 4.98 Å². The third kappa shape index (κ3) is 2.42. The molecule has 0 atom stereocenters. The fraction of sp³-hybridized carbons (Fsp3) is 0. The van der Waals surface area contributed by atoms with Crippen molar-refractivity contribution >= 4 is 12.0 Å². The summed E-state index contributed by atoms with van der Waals surface area (Å²) in [6.45, 7) is 0. The average molecular weight is 173 g/mol. The SMILES string of the molecule is N#C/C(=C\c1ccncc1)C(N)=O. The van der Waals surface area contributed by atoms with Crippen molar-refractivity contribution in [2.24, 2.45) is 5.73 Å². The summed E-state index contributed by atoms with van der Waals surface area (Å²) in [5, 5.41) is 8.52. The number of carbonyl (C=O) groups is 1. The highest BCUT2D eigenvalue weighted by Crippen LogP contribution is 2.03. The van der Waals surface area contributed by atoms with Crippen LogP contribution in [0, 0.1) is 11.3 Å². The number of hydrogen-bond acceptors (Lipinski definition) is 3. The Morgan fingerprint density at radius 1 is 1.54 bits per heavy atom. The molecule has 0 radical (unpaired) electrons. The van der Waals surface area contributed by atoms with E-state index in [1.54, 1.807) is 30.6 Å². The number of carbonyl (C=O) groups excluding carboxylic acids is 1. The van der Waals surface area contributed by atoms with Gasteiger partial charge in [0.05, 0.1) is 0 Å². The largest absolute Gasteiger partial charge is 0.365 e. The van der Waals surface area contributed by atoms with Crippen LogP contribution in [0.25, 0.3) is 6.08 Å². The number of aromatic nitrogens is 1. The number of pyridine rings is 1. The van der Waals surface area contributed by atoms with Gasteiger partial charge in [0.15, 0.2) is 0 Å². The molecule has 2 N–H and O–H groups in total. The number of hydrogen-bond donors (Lipinski definition) is 1. The molecule has 4 heteroatoms. The van der Waals surface area contributed by atoms with Gasteiger partial charge in [-0.1, -0.05) is 0 Å². The minimum Gasteiger partial charge on any atom is -0.365 e. The summed E-state index contributed by atoms with van der Waals surface area (Å²) < 4.78 is 0. The van der Waals surface area contributed by atoms with Gasteiger partial charge in [0.1, 0.15) is 11.6 Å². The van der Waals surface area contributed by atoms with Gasteiger partial charge in [0, 0.05) is 12.4 Å². The first-order valence-corrected chi connectivity index (χ1v) is 3.55. The Balaban J connectivity index is 3.01. The van der Waals surface area contributed by atoms with E-state index in [0.29, 0.717) is 0 Å². The molecule has 0 aromatic carbocycles. The highest BCUT2D eigenvalue weighted by atomic mass is 16.1. The molecule has 0 fully saturated rings. The summed E-state index contributed by atoms with van der Waals surface area (Å²) in [6.07, 6.45) is 4.56. The highest BCUT2D eigenvalue weighted by molar-refractivity contribution is 6.00. The van der Waals surface area contributed by atoms with Crippen LogP contribution < -0.4 is 5.73 Å². The predicted octanol–water partition coefficient (Wildman–Crippen LogP) is 0.474. The number of nitrogens with two attached hydrogens (primary N) is 1. The Morgan fingerprint density at radius 3 is 2.62 bits per heavy atom. The van der Waals surface area contributed by atoms with Gasteiger partial charge in [-0.3, -0.25) is 9.78 Å². The monoisotopic (exact) mass is 173 g/mol. The number of rotatable bonds is 2. The lowest BCUT2D eigenvalue weighted by molar-refractivity contribution is -0.114. The van der Waals surface area contributed by atoms with Gasteiger partial charge in [-0.25, -0.2) is 0 Å². The molecule has 1 amide bonds. The Morgan fingerprint density at radius 2 is 2.15 bits per heavy atom. The minimum atomic E-state index is -0.723. The van der Waals surface area contributed by atoms with Gasteiger partial charge in [-0.15, -0.1) is 0 Å². The second-order valence-electron chi connectivity index (χ2n) is 2.31. The van der Waals surface area contributed by atoms with Gasteiger partial charge >= 0.3 is 0 Å². The Labute approximate surface area is 75.3 Å². The van der Waals surface area contributed by atoms with Crippen LogP contribution in [0.5, 0.6) is 0 Å². The van der Waals surface area contributed by atoms with Crippen molar-refractivity contribution in [3.8, 4) is 6.07 Å². The number of amides is 1. The van der Waals surface area contributed by atoms with Crippen LogP contribution in [0.1, 0.15) is 5.56 Å². The van der Waals surface area contributed by atoms with E-state index in [4.69, 9.17) is 11.0 Å². The molecule has 0 aliphatic carbocycles. The molecule has 0 saturated carbocycles. The van der Waals surface area contributed by atoms with Crippen LogP contribution in [-0.4, -0.2) is 10.9 Å². The zero-order valence-corrected chi connectivity index (χ0v) is 6.77. The van der Waals surface area contributed by atoms with E-state index >= 15 is 0 Å². The molecule has 0 spiro atoms. The van der Waals surface area contributed by atoms with Crippen LogP contribution in [-0.2, 0) is 4.79 Å². The van der Waals surface area contributed by atoms with Crippen LogP contribution >= 0.6 is 0 Å². The third-order valence-corrected chi connectivity index (χ3v) is 1.40. The molecule has 1 rings (SSSR count). The van der Waals surface area contributed by atoms with Crippen molar-refractivity contribution in [3.05, 3.63) is 35.7 Å². The quantitative estimate of drug-likeness (QED) is 0.521. The highest BCUT2D eigenvalue weighted by Gasteiger charge is 2.01. The smallest absolute Gasteiger partial charge is 0.259 e. The van der Waals surface area contributed by atoms with Crippen molar-refractivity contribution in [2.45, 2.75) is 0 Å². The Bertz CT molecular complexity index is 376. The average Bonchev–Trinajstić information content (AvgIpc) is 2.15. The first-order valence-electron chi connectivity index (χ1n) is 3.55. The molecule has 0 bridgehead atoms. The minimum absolute atomic E-state index is 0.0637. The fourth-order valence-corrected chi connectivity index (χ4v) is 0.785. The summed E-state index contributed by atoms with van der Waals surface area (Å²) >= 11 is 0. The summed E-state index contributed by atoms with van der Waals surface area (Å²) in [5.41, 5.74) is 5.61. The van der Waals surface area contributed by atoms with E-state index in [0.717, 1.165) is 5.56 Å². The summed E-state index contributed by atoms with van der Waals surface area (Å²) in [5.74, 6) is -0.723.